The Kier molecular flexibility index (Phi) is 2.69. The van der Waals surface area contributed by atoms with Gasteiger partial charge in [0.1, 0.15) is 5.75 Å². The number of phenols is 1. The highest BCUT2D eigenvalue weighted by Crippen LogP contribution is 2.10. The van der Waals surface area contributed by atoms with Gasteiger partial charge in [-0.1, -0.05) is 12.1 Å². The monoisotopic (exact) mass is 164 g/mol. The number of hydrogen-bond donors (Lipinski definition) is 1. The van der Waals surface area contributed by atoms with Gasteiger partial charge in [0.2, 0.25) is 5.91 Å². The second-order valence-corrected chi connectivity index (χ2v) is 2.59. The summed E-state index contributed by atoms with van der Waals surface area (Å²) < 4.78 is 0. The second-order valence-electron chi connectivity index (χ2n) is 2.59. The van der Waals surface area contributed by atoms with E-state index in [1.54, 1.807) is 24.3 Å². The van der Waals surface area contributed by atoms with Crippen molar-refractivity contribution in [3.8, 4) is 5.75 Å². The normalized spacial score (nSPS) is 9.67. The summed E-state index contributed by atoms with van der Waals surface area (Å²) in [6.45, 7) is 0. The van der Waals surface area contributed by atoms with E-state index in [9.17, 15) is 4.79 Å². The summed E-state index contributed by atoms with van der Waals surface area (Å²) in [5.74, 6) is -0.334. The number of phenolic OH excluding ortho intramolecular Hbond substituents is 1. The van der Waals surface area contributed by atoms with Crippen LogP contribution in [0.1, 0.15) is 12.0 Å². The maximum absolute atomic E-state index is 10.3. The first-order chi connectivity index (χ1) is 5.68. The van der Waals surface area contributed by atoms with Crippen LogP contribution in [0.2, 0.25) is 0 Å². The number of rotatable bonds is 3. The molecule has 1 aromatic carbocycles. The lowest BCUT2D eigenvalue weighted by molar-refractivity contribution is -0.118. The highest BCUT2D eigenvalue weighted by atomic mass is 16.3. The Balaban J connectivity index is 2.53. The van der Waals surface area contributed by atoms with Gasteiger partial charge in [-0.15, -0.1) is 0 Å². The molecule has 3 nitrogen and oxygen atoms in total. The van der Waals surface area contributed by atoms with Crippen LogP contribution in [-0.4, -0.2) is 11.0 Å². The number of aromatic hydroxyl groups is 1. The predicted octanol–water partition coefficient (Wildman–Crippen LogP) is 1.13. The second kappa shape index (κ2) is 3.76. The first-order valence-electron chi connectivity index (χ1n) is 3.71. The zero-order valence-corrected chi connectivity index (χ0v) is 6.58. The average Bonchev–Trinajstić information content (AvgIpc) is 2.03. The van der Waals surface area contributed by atoms with Gasteiger partial charge in [0.25, 0.3) is 0 Å². The van der Waals surface area contributed by atoms with Crippen molar-refractivity contribution in [3.63, 3.8) is 0 Å². The molecule has 0 aliphatic rings. The summed E-state index contributed by atoms with van der Waals surface area (Å²) >= 11 is 0. The topological polar surface area (TPSA) is 61.1 Å². The minimum Gasteiger partial charge on any atom is -0.508 e. The molecule has 1 radical (unpaired) electrons. The van der Waals surface area contributed by atoms with E-state index in [2.05, 4.69) is 0 Å². The van der Waals surface area contributed by atoms with Crippen LogP contribution in [0.3, 0.4) is 0 Å². The number of hydrogen-bond acceptors (Lipinski definition) is 2. The number of carbonyl (C=O) groups is 1. The first-order valence-corrected chi connectivity index (χ1v) is 3.71. The SMILES string of the molecule is [NH]C(=O)CCc1ccc(O)cc1. The van der Waals surface area contributed by atoms with Crippen LogP contribution < -0.4 is 5.73 Å². The minimum absolute atomic E-state index is 0.218. The predicted molar refractivity (Wildman–Crippen MR) is 44.5 cm³/mol. The van der Waals surface area contributed by atoms with Gasteiger partial charge >= 0.3 is 0 Å². The van der Waals surface area contributed by atoms with Crippen molar-refractivity contribution in [2.45, 2.75) is 12.8 Å². The van der Waals surface area contributed by atoms with Crippen LogP contribution in [0, 0.1) is 0 Å². The van der Waals surface area contributed by atoms with Gasteiger partial charge in [0.15, 0.2) is 0 Å². The van der Waals surface area contributed by atoms with Crippen LogP contribution >= 0.6 is 0 Å². The fraction of sp³-hybridized carbons (Fsp3) is 0.222. The van der Waals surface area contributed by atoms with Gasteiger partial charge in [-0.05, 0) is 24.1 Å². The lowest BCUT2D eigenvalue weighted by Crippen LogP contribution is -1.99. The molecule has 0 aromatic heterocycles. The molecule has 0 atom stereocenters. The van der Waals surface area contributed by atoms with Crippen LogP contribution in [0.4, 0.5) is 0 Å². The van der Waals surface area contributed by atoms with Crippen molar-refractivity contribution in [3.05, 3.63) is 29.8 Å². The van der Waals surface area contributed by atoms with E-state index >= 15 is 0 Å². The third-order valence-corrected chi connectivity index (χ3v) is 1.58. The molecule has 0 aliphatic carbocycles. The van der Waals surface area contributed by atoms with E-state index in [0.717, 1.165) is 5.56 Å². The number of amides is 1. The van der Waals surface area contributed by atoms with Crippen molar-refractivity contribution in [1.29, 1.82) is 0 Å². The van der Waals surface area contributed by atoms with E-state index in [4.69, 9.17) is 10.8 Å². The van der Waals surface area contributed by atoms with Crippen molar-refractivity contribution >= 4 is 5.91 Å². The average molecular weight is 164 g/mol. The third kappa shape index (κ3) is 2.62. The summed E-state index contributed by atoms with van der Waals surface area (Å²) in [5.41, 5.74) is 7.65. The number of aryl methyl sites for hydroxylation is 1. The molecule has 0 fully saturated rings. The summed E-state index contributed by atoms with van der Waals surface area (Å²) in [4.78, 5) is 10.3. The van der Waals surface area contributed by atoms with Crippen molar-refractivity contribution in [1.82, 2.24) is 5.73 Å². The van der Waals surface area contributed by atoms with E-state index in [-0.39, 0.29) is 12.2 Å². The molecule has 63 valence electrons. The van der Waals surface area contributed by atoms with Crippen LogP contribution in [-0.2, 0) is 11.2 Å². The van der Waals surface area contributed by atoms with Crippen LogP contribution in [0.25, 0.3) is 0 Å². The molecule has 12 heavy (non-hydrogen) atoms. The Morgan fingerprint density at radius 2 is 1.92 bits per heavy atom. The molecule has 1 rings (SSSR count). The highest BCUT2D eigenvalue weighted by Gasteiger charge is 1.97. The minimum atomic E-state index is -0.553. The fourth-order valence-corrected chi connectivity index (χ4v) is 0.920. The fourth-order valence-electron chi connectivity index (χ4n) is 0.920. The molecule has 0 unspecified atom stereocenters. The molecule has 0 bridgehead atoms. The molecular weight excluding hydrogens is 154 g/mol. The van der Waals surface area contributed by atoms with Gasteiger partial charge in [0.05, 0.1) is 0 Å². The van der Waals surface area contributed by atoms with E-state index in [1.807, 2.05) is 0 Å². The maximum atomic E-state index is 10.3. The standard InChI is InChI=1S/C9H10NO2/c10-9(12)6-3-7-1-4-8(11)5-2-7/h1-2,4-5,10-11H,3,6H2. The van der Waals surface area contributed by atoms with Gasteiger partial charge < -0.3 is 5.11 Å². The molecule has 2 N–H and O–H groups in total. The van der Waals surface area contributed by atoms with Crippen molar-refractivity contribution in [2.75, 3.05) is 0 Å². The van der Waals surface area contributed by atoms with E-state index in [0.29, 0.717) is 6.42 Å². The van der Waals surface area contributed by atoms with Gasteiger partial charge in [-0.25, -0.2) is 0 Å². The zero-order chi connectivity index (χ0) is 8.97. The molecule has 0 saturated heterocycles. The molecule has 0 spiro atoms. The Morgan fingerprint density at radius 1 is 1.33 bits per heavy atom. The van der Waals surface area contributed by atoms with Gasteiger partial charge in [-0.3, -0.25) is 10.5 Å². The van der Waals surface area contributed by atoms with Gasteiger partial charge in [0, 0.05) is 6.42 Å². The largest absolute Gasteiger partial charge is 0.508 e. The number of nitrogens with one attached hydrogen (secondary N) is 1. The first kappa shape index (κ1) is 8.59. The summed E-state index contributed by atoms with van der Waals surface area (Å²) in [7, 11) is 0. The molecule has 3 heteroatoms. The van der Waals surface area contributed by atoms with Crippen molar-refractivity contribution in [2.24, 2.45) is 0 Å². The van der Waals surface area contributed by atoms with Crippen molar-refractivity contribution < 1.29 is 9.90 Å². The zero-order valence-electron chi connectivity index (χ0n) is 6.58. The van der Waals surface area contributed by atoms with Crippen LogP contribution in [0.5, 0.6) is 5.75 Å². The van der Waals surface area contributed by atoms with Gasteiger partial charge in [-0.2, -0.15) is 0 Å². The number of carbonyl (C=O) groups excluding carboxylic acids is 1. The Labute approximate surface area is 70.8 Å². The summed E-state index contributed by atoms with van der Waals surface area (Å²) in [6, 6.07) is 6.64. The lowest BCUT2D eigenvalue weighted by Gasteiger charge is -1.97. The third-order valence-electron chi connectivity index (χ3n) is 1.58. The molecule has 0 saturated carbocycles. The number of benzene rings is 1. The summed E-state index contributed by atoms with van der Waals surface area (Å²) in [5, 5.41) is 8.93. The maximum Gasteiger partial charge on any atom is 0.238 e. The lowest BCUT2D eigenvalue weighted by atomic mass is 10.1. The van der Waals surface area contributed by atoms with E-state index in [1.165, 1.54) is 0 Å². The molecule has 1 aromatic rings. The Bertz CT molecular complexity index is 266. The summed E-state index contributed by atoms with van der Waals surface area (Å²) in [6.07, 6.45) is 0.813. The quantitative estimate of drug-likeness (QED) is 0.728. The molecule has 1 amide bonds. The molecule has 0 aliphatic heterocycles. The molecule has 0 heterocycles. The molecular formula is C9H10NO2. The Morgan fingerprint density at radius 3 is 2.42 bits per heavy atom. The smallest absolute Gasteiger partial charge is 0.238 e. The Hall–Kier alpha value is -1.51. The van der Waals surface area contributed by atoms with Crippen LogP contribution in [0.15, 0.2) is 24.3 Å². The van der Waals surface area contributed by atoms with E-state index < -0.39 is 5.91 Å². The highest BCUT2D eigenvalue weighted by molar-refractivity contribution is 5.73.